The molecule has 0 heterocycles. The molecule has 1 aromatic rings. The Morgan fingerprint density at radius 2 is 1.77 bits per heavy atom. The van der Waals surface area contributed by atoms with E-state index in [2.05, 4.69) is 12.6 Å². The van der Waals surface area contributed by atoms with Crippen molar-refractivity contribution in [3.05, 3.63) is 35.4 Å². The molecule has 0 atom stereocenters. The zero-order valence-electron chi connectivity index (χ0n) is 6.30. The second kappa shape index (κ2) is 4.09. The predicted molar refractivity (Wildman–Crippen MR) is 59.0 cm³/mol. The number of hydrogen-bond acceptors (Lipinski definition) is 1. The van der Waals surface area contributed by atoms with Crippen molar-refractivity contribution in [1.82, 2.24) is 0 Å². The first-order valence-electron chi connectivity index (χ1n) is 3.32. The van der Waals surface area contributed by atoms with E-state index in [0.717, 1.165) is 0 Å². The minimum Gasteiger partial charge on any atom is -0.282 e. The van der Waals surface area contributed by atoms with Gasteiger partial charge in [0.1, 0.15) is 0 Å². The molecule has 0 saturated carbocycles. The van der Waals surface area contributed by atoms with Gasteiger partial charge in [0.05, 0.1) is 0 Å². The average Bonchev–Trinajstić information content (AvgIpc) is 2.03. The Kier molecular flexibility index (Phi) is 3.52. The molecule has 1 rings (SSSR count). The van der Waals surface area contributed by atoms with Crippen LogP contribution in [0.2, 0.25) is 0 Å². The summed E-state index contributed by atoms with van der Waals surface area (Å²) in [7, 11) is 0. The molecule has 0 bridgehead atoms. The highest BCUT2D eigenvalue weighted by atomic mass is 35.6. The molecule has 13 heavy (non-hydrogen) atoms. The number of hydrogen-bond donors (Lipinski definition) is 1. The van der Waals surface area contributed by atoms with Gasteiger partial charge in [-0.2, -0.15) is 0 Å². The van der Waals surface area contributed by atoms with Gasteiger partial charge in [0, 0.05) is 11.1 Å². The van der Waals surface area contributed by atoms with Crippen molar-refractivity contribution in [2.45, 2.75) is 3.79 Å². The van der Waals surface area contributed by atoms with E-state index < -0.39 is 8.91 Å². The molecule has 0 unspecified atom stereocenters. The Balaban J connectivity index is 3.28. The summed E-state index contributed by atoms with van der Waals surface area (Å²) in [5.74, 6) is 0. The van der Waals surface area contributed by atoms with Crippen molar-refractivity contribution >= 4 is 52.5 Å². The third-order valence-electron chi connectivity index (χ3n) is 1.46. The molecule has 0 aliphatic rings. The monoisotopic (exact) mass is 254 g/mol. The minimum atomic E-state index is -1.59. The summed E-state index contributed by atoms with van der Waals surface area (Å²) in [5, 5.41) is -0.415. The molecule has 0 saturated heterocycles. The Morgan fingerprint density at radius 3 is 2.15 bits per heavy atom. The minimum absolute atomic E-state index is 0.311. The lowest BCUT2D eigenvalue weighted by molar-refractivity contribution is 0.109. The SMILES string of the molecule is O=C(S)c1ccccc1C(Cl)(Cl)Cl. The Labute approximate surface area is 96.4 Å². The van der Waals surface area contributed by atoms with E-state index in [4.69, 9.17) is 34.8 Å². The Hall–Kier alpha value is 0.110. The molecule has 0 aromatic heterocycles. The van der Waals surface area contributed by atoms with Crippen LogP contribution in [-0.4, -0.2) is 5.12 Å². The molecule has 70 valence electrons. The van der Waals surface area contributed by atoms with Gasteiger partial charge < -0.3 is 0 Å². The number of benzene rings is 1. The third-order valence-corrected chi connectivity index (χ3v) is 2.31. The van der Waals surface area contributed by atoms with Crippen LogP contribution in [-0.2, 0) is 3.79 Å². The molecule has 0 aliphatic carbocycles. The van der Waals surface area contributed by atoms with Crippen LogP contribution in [0, 0.1) is 0 Å². The summed E-state index contributed by atoms with van der Waals surface area (Å²) in [6.45, 7) is 0. The Morgan fingerprint density at radius 1 is 1.23 bits per heavy atom. The van der Waals surface area contributed by atoms with Crippen LogP contribution in [0.1, 0.15) is 15.9 Å². The lowest BCUT2D eigenvalue weighted by Crippen LogP contribution is -2.06. The highest BCUT2D eigenvalue weighted by Gasteiger charge is 2.27. The van der Waals surface area contributed by atoms with Crippen LogP contribution in [0.4, 0.5) is 0 Å². The van der Waals surface area contributed by atoms with Crippen LogP contribution < -0.4 is 0 Å². The fourth-order valence-corrected chi connectivity index (χ4v) is 1.61. The largest absolute Gasteiger partial charge is 0.282 e. The second-order valence-electron chi connectivity index (χ2n) is 2.35. The standard InChI is InChI=1S/C8H5Cl3OS/c9-8(10,11)6-4-2-1-3-5(6)7(12)13/h1-4H,(H,12,13). The maximum absolute atomic E-state index is 11.0. The van der Waals surface area contributed by atoms with Gasteiger partial charge in [-0.05, 0) is 0 Å². The highest BCUT2D eigenvalue weighted by molar-refractivity contribution is 7.97. The summed E-state index contributed by atoms with van der Waals surface area (Å²) in [4.78, 5) is 11.0. The van der Waals surface area contributed by atoms with Crippen LogP contribution in [0.5, 0.6) is 0 Å². The quantitative estimate of drug-likeness (QED) is 0.599. The molecule has 1 nitrogen and oxygen atoms in total. The molecule has 0 fully saturated rings. The molecule has 1 aromatic carbocycles. The molecule has 0 spiro atoms. The fourth-order valence-electron chi connectivity index (χ4n) is 0.917. The van der Waals surface area contributed by atoms with E-state index in [-0.39, 0.29) is 0 Å². The summed E-state index contributed by atoms with van der Waals surface area (Å²) < 4.78 is -1.59. The lowest BCUT2D eigenvalue weighted by atomic mass is 10.1. The van der Waals surface area contributed by atoms with Crippen molar-refractivity contribution in [2.75, 3.05) is 0 Å². The van der Waals surface area contributed by atoms with Crippen LogP contribution in [0.15, 0.2) is 24.3 Å². The van der Waals surface area contributed by atoms with E-state index >= 15 is 0 Å². The summed E-state index contributed by atoms with van der Waals surface area (Å²) >= 11 is 20.6. The summed E-state index contributed by atoms with van der Waals surface area (Å²) in [6.07, 6.45) is 0. The second-order valence-corrected chi connectivity index (χ2v) is 5.04. The van der Waals surface area contributed by atoms with E-state index in [1.165, 1.54) is 0 Å². The molecular formula is C8H5Cl3OS. The van der Waals surface area contributed by atoms with Gasteiger partial charge in [-0.1, -0.05) is 59.1 Å². The van der Waals surface area contributed by atoms with Crippen LogP contribution >= 0.6 is 47.4 Å². The summed E-state index contributed by atoms with van der Waals surface area (Å²) in [6, 6.07) is 6.52. The average molecular weight is 256 g/mol. The van der Waals surface area contributed by atoms with E-state index in [9.17, 15) is 4.79 Å². The first-order chi connectivity index (χ1) is 5.93. The molecule has 5 heteroatoms. The first-order valence-corrected chi connectivity index (χ1v) is 4.90. The lowest BCUT2D eigenvalue weighted by Gasteiger charge is -2.13. The molecule has 0 aliphatic heterocycles. The number of halogens is 3. The van der Waals surface area contributed by atoms with Gasteiger partial charge in [-0.25, -0.2) is 0 Å². The van der Waals surface area contributed by atoms with E-state index in [1.54, 1.807) is 24.3 Å². The van der Waals surface area contributed by atoms with Gasteiger partial charge in [0.2, 0.25) is 8.91 Å². The van der Waals surface area contributed by atoms with Crippen molar-refractivity contribution in [1.29, 1.82) is 0 Å². The van der Waals surface area contributed by atoms with Crippen molar-refractivity contribution in [3.63, 3.8) is 0 Å². The Bertz CT molecular complexity index is 332. The van der Waals surface area contributed by atoms with Crippen LogP contribution in [0.25, 0.3) is 0 Å². The van der Waals surface area contributed by atoms with Gasteiger partial charge in [0.25, 0.3) is 0 Å². The number of thiol groups is 1. The number of carbonyl (C=O) groups is 1. The fraction of sp³-hybridized carbons (Fsp3) is 0.125. The topological polar surface area (TPSA) is 17.1 Å². The normalized spacial score (nSPS) is 11.4. The van der Waals surface area contributed by atoms with Crippen LogP contribution in [0.3, 0.4) is 0 Å². The smallest absolute Gasteiger partial charge is 0.216 e. The van der Waals surface area contributed by atoms with Gasteiger partial charge >= 0.3 is 0 Å². The summed E-state index contributed by atoms with van der Waals surface area (Å²) in [5.41, 5.74) is 0.658. The molecule has 0 amide bonds. The molecular weight excluding hydrogens is 251 g/mol. The number of alkyl halides is 3. The van der Waals surface area contributed by atoms with Gasteiger partial charge in [-0.3, -0.25) is 4.79 Å². The van der Waals surface area contributed by atoms with Crippen molar-refractivity contribution in [2.24, 2.45) is 0 Å². The molecule has 0 N–H and O–H groups in total. The highest BCUT2D eigenvalue weighted by Crippen LogP contribution is 2.40. The maximum Gasteiger partial charge on any atom is 0.216 e. The van der Waals surface area contributed by atoms with Crippen molar-refractivity contribution in [3.8, 4) is 0 Å². The van der Waals surface area contributed by atoms with E-state index in [1.807, 2.05) is 0 Å². The van der Waals surface area contributed by atoms with Gasteiger partial charge in [0.15, 0.2) is 0 Å². The predicted octanol–water partition coefficient (Wildman–Crippen LogP) is 3.58. The zero-order valence-corrected chi connectivity index (χ0v) is 9.46. The first kappa shape index (κ1) is 11.2. The third kappa shape index (κ3) is 2.78. The van der Waals surface area contributed by atoms with Gasteiger partial charge in [-0.15, -0.1) is 12.6 Å². The number of carbonyl (C=O) groups excluding carboxylic acids is 1. The maximum atomic E-state index is 11.0. The number of rotatable bonds is 1. The van der Waals surface area contributed by atoms with E-state index in [0.29, 0.717) is 11.1 Å². The van der Waals surface area contributed by atoms with Crippen molar-refractivity contribution < 1.29 is 4.79 Å². The molecule has 0 radical (unpaired) electrons. The zero-order chi connectivity index (χ0) is 10.1.